The predicted octanol–water partition coefficient (Wildman–Crippen LogP) is 4.39. The largest absolute Gasteiger partial charge is 0.309 e. The molecule has 1 aromatic rings. The van der Waals surface area contributed by atoms with Crippen LogP contribution in [0.1, 0.15) is 51.6 Å². The van der Waals surface area contributed by atoms with Gasteiger partial charge >= 0.3 is 0 Å². The molecule has 1 heterocycles. The first kappa shape index (κ1) is 16.7. The summed E-state index contributed by atoms with van der Waals surface area (Å²) in [5, 5.41) is 3.95. The lowest BCUT2D eigenvalue weighted by Gasteiger charge is -2.45. The first-order valence-electron chi connectivity index (χ1n) is 7.96. The molecule has 1 aliphatic rings. The van der Waals surface area contributed by atoms with Crippen LogP contribution in [0.25, 0.3) is 0 Å². The van der Waals surface area contributed by atoms with Crippen LogP contribution in [-0.2, 0) is 0 Å². The van der Waals surface area contributed by atoms with Gasteiger partial charge in [-0.25, -0.2) is 4.39 Å². The number of rotatable bonds is 6. The first-order valence-corrected chi connectivity index (χ1v) is 8.34. The third kappa shape index (κ3) is 3.41. The van der Waals surface area contributed by atoms with Crippen molar-refractivity contribution >= 4 is 11.6 Å². The number of hydrogen-bond acceptors (Lipinski definition) is 2. The third-order valence-corrected chi connectivity index (χ3v) is 5.08. The lowest BCUT2D eigenvalue weighted by Crippen LogP contribution is -2.53. The van der Waals surface area contributed by atoms with Gasteiger partial charge in [0.1, 0.15) is 5.82 Å². The Labute approximate surface area is 132 Å². The number of benzene rings is 1. The summed E-state index contributed by atoms with van der Waals surface area (Å²) in [5.74, 6) is -0.215. The summed E-state index contributed by atoms with van der Waals surface area (Å²) in [6.07, 6.45) is 3.45. The Morgan fingerprint density at radius 2 is 2.00 bits per heavy atom. The van der Waals surface area contributed by atoms with E-state index in [1.165, 1.54) is 18.9 Å². The lowest BCUT2D eigenvalue weighted by atomic mass is 9.82. The van der Waals surface area contributed by atoms with E-state index in [4.69, 9.17) is 11.6 Å². The Hall–Kier alpha value is -0.640. The summed E-state index contributed by atoms with van der Waals surface area (Å²) in [6.45, 7) is 9.52. The summed E-state index contributed by atoms with van der Waals surface area (Å²) < 4.78 is 14.4. The van der Waals surface area contributed by atoms with Gasteiger partial charge in [-0.3, -0.25) is 4.90 Å². The van der Waals surface area contributed by atoms with E-state index in [1.54, 1.807) is 6.07 Å². The average Bonchev–Trinajstić information content (AvgIpc) is 2.99. The number of likely N-dealkylation sites (tertiary alicyclic amines) is 1. The highest BCUT2D eigenvalue weighted by Crippen LogP contribution is 2.37. The molecule has 2 nitrogen and oxygen atoms in total. The molecule has 2 atom stereocenters. The fraction of sp³-hybridized carbons (Fsp3) is 0.647. The van der Waals surface area contributed by atoms with Crippen LogP contribution in [0.15, 0.2) is 18.2 Å². The van der Waals surface area contributed by atoms with Crippen LogP contribution in [0.5, 0.6) is 0 Å². The van der Waals surface area contributed by atoms with Crippen molar-refractivity contribution in [2.45, 2.75) is 51.6 Å². The van der Waals surface area contributed by atoms with Crippen molar-refractivity contribution in [1.29, 1.82) is 0 Å². The molecule has 0 amide bonds. The molecule has 0 spiro atoms. The maximum Gasteiger partial charge on any atom is 0.129 e. The minimum Gasteiger partial charge on any atom is -0.309 e. The van der Waals surface area contributed by atoms with E-state index in [9.17, 15) is 4.39 Å². The maximum atomic E-state index is 14.4. The van der Waals surface area contributed by atoms with E-state index in [2.05, 4.69) is 31.0 Å². The van der Waals surface area contributed by atoms with Crippen LogP contribution in [0.2, 0.25) is 5.02 Å². The zero-order valence-corrected chi connectivity index (χ0v) is 14.0. The van der Waals surface area contributed by atoms with Gasteiger partial charge in [-0.05, 0) is 58.0 Å². The van der Waals surface area contributed by atoms with Crippen LogP contribution >= 0.6 is 11.6 Å². The van der Waals surface area contributed by atoms with Crippen molar-refractivity contribution in [1.82, 2.24) is 10.2 Å². The Balaban J connectivity index is 2.39. The molecular formula is C17H26ClFN2. The summed E-state index contributed by atoms with van der Waals surface area (Å²) in [7, 11) is 0. The minimum atomic E-state index is -0.215. The van der Waals surface area contributed by atoms with Gasteiger partial charge in [0.05, 0.1) is 6.04 Å². The van der Waals surface area contributed by atoms with E-state index >= 15 is 0 Å². The van der Waals surface area contributed by atoms with E-state index in [1.807, 2.05) is 6.07 Å². The predicted molar refractivity (Wildman–Crippen MR) is 87.3 cm³/mol. The molecule has 0 aromatic heterocycles. The highest BCUT2D eigenvalue weighted by atomic mass is 35.5. The standard InChI is InChI=1S/C17H26ClFN2/c1-4-17(3,21-10-6-7-11-21)16(20-5-2)14-9-8-13(18)12-15(14)19/h8-9,12,16,20H,4-7,10-11H2,1-3H3. The van der Waals surface area contributed by atoms with E-state index in [-0.39, 0.29) is 17.4 Å². The molecule has 4 heteroatoms. The SMILES string of the molecule is CCNC(c1ccc(Cl)cc1F)C(C)(CC)N1CCCC1. The second kappa shape index (κ2) is 7.08. The number of likely N-dealkylation sites (N-methyl/N-ethyl adjacent to an activating group) is 1. The van der Waals surface area contributed by atoms with Crippen molar-refractivity contribution in [3.05, 3.63) is 34.6 Å². The number of nitrogens with zero attached hydrogens (tertiary/aromatic N) is 1. The normalized spacial score (nSPS) is 20.4. The third-order valence-electron chi connectivity index (χ3n) is 4.85. The van der Waals surface area contributed by atoms with Crippen molar-refractivity contribution in [3.8, 4) is 0 Å². The maximum absolute atomic E-state index is 14.4. The summed E-state index contributed by atoms with van der Waals surface area (Å²) in [6, 6.07) is 5.00. The highest BCUT2D eigenvalue weighted by Gasteiger charge is 2.40. The van der Waals surface area contributed by atoms with Gasteiger partial charge in [0.15, 0.2) is 0 Å². The smallest absolute Gasteiger partial charge is 0.129 e. The van der Waals surface area contributed by atoms with E-state index in [0.717, 1.165) is 31.6 Å². The van der Waals surface area contributed by atoms with Gasteiger partial charge in [-0.15, -0.1) is 0 Å². The number of nitrogens with one attached hydrogen (secondary N) is 1. The van der Waals surface area contributed by atoms with Crippen LogP contribution < -0.4 is 5.32 Å². The zero-order chi connectivity index (χ0) is 15.5. The number of halogens is 2. The molecule has 1 fully saturated rings. The summed E-state index contributed by atoms with van der Waals surface area (Å²) in [4.78, 5) is 2.51. The van der Waals surface area contributed by atoms with Crippen LogP contribution in [-0.4, -0.2) is 30.1 Å². The average molecular weight is 313 g/mol. The van der Waals surface area contributed by atoms with Crippen LogP contribution in [0.4, 0.5) is 4.39 Å². The van der Waals surface area contributed by atoms with E-state index < -0.39 is 0 Å². The van der Waals surface area contributed by atoms with Crippen molar-refractivity contribution < 1.29 is 4.39 Å². The van der Waals surface area contributed by atoms with Gasteiger partial charge in [-0.2, -0.15) is 0 Å². The van der Waals surface area contributed by atoms with Crippen LogP contribution in [0.3, 0.4) is 0 Å². The fourth-order valence-electron chi connectivity index (χ4n) is 3.44. The van der Waals surface area contributed by atoms with Gasteiger partial charge in [-0.1, -0.05) is 31.5 Å². The molecule has 1 N–H and O–H groups in total. The van der Waals surface area contributed by atoms with E-state index in [0.29, 0.717) is 5.02 Å². The summed E-state index contributed by atoms with van der Waals surface area (Å²) >= 11 is 5.90. The highest BCUT2D eigenvalue weighted by molar-refractivity contribution is 6.30. The second-order valence-corrected chi connectivity index (χ2v) is 6.50. The van der Waals surface area contributed by atoms with Gasteiger partial charge in [0, 0.05) is 16.1 Å². The molecule has 0 bridgehead atoms. The topological polar surface area (TPSA) is 15.3 Å². The molecule has 0 radical (unpaired) electrons. The monoisotopic (exact) mass is 312 g/mol. The van der Waals surface area contributed by atoms with Crippen molar-refractivity contribution in [2.24, 2.45) is 0 Å². The molecule has 2 rings (SSSR count). The van der Waals surface area contributed by atoms with Gasteiger partial charge in [0.2, 0.25) is 0 Å². The molecule has 0 saturated carbocycles. The summed E-state index contributed by atoms with van der Waals surface area (Å²) in [5.41, 5.74) is 0.638. The Morgan fingerprint density at radius 3 is 2.52 bits per heavy atom. The molecular weight excluding hydrogens is 287 g/mol. The van der Waals surface area contributed by atoms with Crippen LogP contribution in [0, 0.1) is 5.82 Å². The van der Waals surface area contributed by atoms with Crippen molar-refractivity contribution in [3.63, 3.8) is 0 Å². The molecule has 0 aliphatic carbocycles. The van der Waals surface area contributed by atoms with Gasteiger partial charge < -0.3 is 5.32 Å². The molecule has 1 saturated heterocycles. The first-order chi connectivity index (χ1) is 10.0. The second-order valence-electron chi connectivity index (χ2n) is 6.06. The molecule has 118 valence electrons. The number of hydrogen-bond donors (Lipinski definition) is 1. The molecule has 2 unspecified atom stereocenters. The molecule has 1 aliphatic heterocycles. The minimum absolute atomic E-state index is 0.0251. The quantitative estimate of drug-likeness (QED) is 0.838. The Kier molecular flexibility index (Phi) is 5.64. The van der Waals surface area contributed by atoms with Crippen molar-refractivity contribution in [2.75, 3.05) is 19.6 Å². The zero-order valence-electron chi connectivity index (χ0n) is 13.3. The Morgan fingerprint density at radius 1 is 1.33 bits per heavy atom. The fourth-order valence-corrected chi connectivity index (χ4v) is 3.60. The molecule has 21 heavy (non-hydrogen) atoms. The lowest BCUT2D eigenvalue weighted by molar-refractivity contribution is 0.0831. The molecule has 1 aromatic carbocycles. The van der Waals surface area contributed by atoms with Gasteiger partial charge in [0.25, 0.3) is 0 Å². The Bertz CT molecular complexity index is 474.